The predicted molar refractivity (Wildman–Crippen MR) is 142 cm³/mol. The van der Waals surface area contributed by atoms with E-state index in [1.807, 2.05) is 54.6 Å². The van der Waals surface area contributed by atoms with Crippen LogP contribution in [0.1, 0.15) is 11.4 Å². The SMILES string of the molecule is N#Cc1nc(C#N)c(-n2c3ccccc3c3ccccc32)cc1-n1c2ccccc2c2ccccc21. The third-order valence-corrected chi connectivity index (χ3v) is 6.84. The van der Waals surface area contributed by atoms with Crippen LogP contribution in [-0.4, -0.2) is 14.1 Å². The van der Waals surface area contributed by atoms with Gasteiger partial charge >= 0.3 is 0 Å². The maximum absolute atomic E-state index is 10.1. The van der Waals surface area contributed by atoms with E-state index in [-0.39, 0.29) is 11.4 Å². The van der Waals surface area contributed by atoms with E-state index in [9.17, 15) is 10.5 Å². The van der Waals surface area contributed by atoms with Gasteiger partial charge in [-0.3, -0.25) is 0 Å². The smallest absolute Gasteiger partial charge is 0.166 e. The molecule has 5 heteroatoms. The third kappa shape index (κ3) is 2.66. The lowest BCUT2D eigenvalue weighted by molar-refractivity contribution is 1.05. The molecule has 4 aromatic carbocycles. The third-order valence-electron chi connectivity index (χ3n) is 6.84. The van der Waals surface area contributed by atoms with Gasteiger partial charge in [-0.25, -0.2) is 4.98 Å². The van der Waals surface area contributed by atoms with E-state index in [4.69, 9.17) is 0 Å². The van der Waals surface area contributed by atoms with Crippen molar-refractivity contribution in [1.29, 1.82) is 10.5 Å². The van der Waals surface area contributed by atoms with E-state index in [2.05, 4.69) is 74.8 Å². The van der Waals surface area contributed by atoms with Crippen LogP contribution >= 0.6 is 0 Å². The molecule has 0 saturated carbocycles. The molecule has 0 atom stereocenters. The summed E-state index contributed by atoms with van der Waals surface area (Å²) in [4.78, 5) is 4.58. The number of rotatable bonds is 2. The van der Waals surface area contributed by atoms with Crippen molar-refractivity contribution in [3.8, 4) is 23.5 Å². The average molecular weight is 460 g/mol. The molecule has 0 aliphatic rings. The zero-order valence-electron chi connectivity index (χ0n) is 19.1. The molecule has 0 saturated heterocycles. The molecule has 3 heterocycles. The van der Waals surface area contributed by atoms with Crippen LogP contribution in [0.2, 0.25) is 0 Å². The number of benzene rings is 4. The van der Waals surface area contributed by atoms with Gasteiger partial charge in [-0.15, -0.1) is 0 Å². The first-order chi connectivity index (χ1) is 17.8. The molecule has 166 valence electrons. The molecule has 0 aliphatic heterocycles. The highest BCUT2D eigenvalue weighted by Gasteiger charge is 2.21. The molecule has 5 nitrogen and oxygen atoms in total. The maximum Gasteiger partial charge on any atom is 0.166 e. The monoisotopic (exact) mass is 459 g/mol. The molecule has 0 spiro atoms. The molecule has 7 aromatic rings. The molecule has 36 heavy (non-hydrogen) atoms. The van der Waals surface area contributed by atoms with Crippen LogP contribution in [0.4, 0.5) is 0 Å². The molecule has 3 aromatic heterocycles. The highest BCUT2D eigenvalue weighted by Crippen LogP contribution is 2.36. The molecule has 0 amide bonds. The fraction of sp³-hybridized carbons (Fsp3) is 0. The molecule has 0 radical (unpaired) electrons. The first-order valence-electron chi connectivity index (χ1n) is 11.6. The van der Waals surface area contributed by atoms with Gasteiger partial charge in [0.25, 0.3) is 0 Å². The maximum atomic E-state index is 10.1. The van der Waals surface area contributed by atoms with Crippen molar-refractivity contribution in [3.05, 3.63) is 115 Å². The Bertz CT molecular complexity index is 1830. The summed E-state index contributed by atoms with van der Waals surface area (Å²) in [7, 11) is 0. The van der Waals surface area contributed by atoms with E-state index in [0.29, 0.717) is 11.4 Å². The lowest BCUT2D eigenvalue weighted by Gasteiger charge is -2.15. The zero-order chi connectivity index (χ0) is 24.2. The Kier molecular flexibility index (Phi) is 4.21. The largest absolute Gasteiger partial charge is 0.306 e. The lowest BCUT2D eigenvalue weighted by atomic mass is 10.2. The van der Waals surface area contributed by atoms with Gasteiger partial charge in [-0.1, -0.05) is 72.8 Å². The molecule has 0 unspecified atom stereocenters. The van der Waals surface area contributed by atoms with E-state index in [1.165, 1.54) is 0 Å². The van der Waals surface area contributed by atoms with Crippen molar-refractivity contribution >= 4 is 43.6 Å². The molecular weight excluding hydrogens is 442 g/mol. The Labute approximate surface area is 206 Å². The summed E-state index contributed by atoms with van der Waals surface area (Å²) in [6.07, 6.45) is 0. The number of para-hydroxylation sites is 4. The summed E-state index contributed by atoms with van der Waals surface area (Å²) < 4.78 is 4.16. The first-order valence-corrected chi connectivity index (χ1v) is 11.6. The van der Waals surface area contributed by atoms with Crippen molar-refractivity contribution < 1.29 is 0 Å². The minimum Gasteiger partial charge on any atom is -0.306 e. The fourth-order valence-electron chi connectivity index (χ4n) is 5.36. The molecule has 0 N–H and O–H groups in total. The Morgan fingerprint density at radius 1 is 0.472 bits per heavy atom. The predicted octanol–water partition coefficient (Wildman–Crippen LogP) is 7.02. The van der Waals surface area contributed by atoms with Gasteiger partial charge in [-0.2, -0.15) is 10.5 Å². The number of fused-ring (bicyclic) bond motifs is 6. The Morgan fingerprint density at radius 3 is 1.08 bits per heavy atom. The van der Waals surface area contributed by atoms with Gasteiger partial charge in [0.2, 0.25) is 0 Å². The van der Waals surface area contributed by atoms with Crippen LogP contribution in [-0.2, 0) is 0 Å². The van der Waals surface area contributed by atoms with Crippen LogP contribution in [0.25, 0.3) is 55.0 Å². The summed E-state index contributed by atoms with van der Waals surface area (Å²) >= 11 is 0. The minimum absolute atomic E-state index is 0.211. The number of aromatic nitrogens is 3. The molecule has 7 rings (SSSR count). The van der Waals surface area contributed by atoms with Crippen LogP contribution in [0.15, 0.2) is 103 Å². The van der Waals surface area contributed by atoms with Gasteiger partial charge in [0, 0.05) is 21.5 Å². The summed E-state index contributed by atoms with van der Waals surface area (Å²) in [6.45, 7) is 0. The first kappa shape index (κ1) is 20.0. The second-order valence-electron chi connectivity index (χ2n) is 8.69. The zero-order valence-corrected chi connectivity index (χ0v) is 19.1. The lowest BCUT2D eigenvalue weighted by Crippen LogP contribution is -2.07. The van der Waals surface area contributed by atoms with Gasteiger partial charge in [0.1, 0.15) is 12.1 Å². The average Bonchev–Trinajstić information content (AvgIpc) is 3.45. The number of nitriles is 2. The Balaban J connectivity index is 1.65. The molecule has 0 bridgehead atoms. The molecule has 0 fully saturated rings. The summed E-state index contributed by atoms with van der Waals surface area (Å²) in [5, 5.41) is 24.6. The van der Waals surface area contributed by atoms with Crippen molar-refractivity contribution in [2.75, 3.05) is 0 Å². The normalized spacial score (nSPS) is 11.3. The van der Waals surface area contributed by atoms with Crippen molar-refractivity contribution in [2.24, 2.45) is 0 Å². The van der Waals surface area contributed by atoms with E-state index in [1.54, 1.807) is 0 Å². The van der Waals surface area contributed by atoms with Gasteiger partial charge in [0.15, 0.2) is 11.4 Å². The highest BCUT2D eigenvalue weighted by molar-refractivity contribution is 6.10. The van der Waals surface area contributed by atoms with Crippen molar-refractivity contribution in [3.63, 3.8) is 0 Å². The summed E-state index contributed by atoms with van der Waals surface area (Å²) in [6, 6.07) is 39.0. The van der Waals surface area contributed by atoms with Gasteiger partial charge in [0.05, 0.1) is 33.4 Å². The summed E-state index contributed by atoms with van der Waals surface area (Å²) in [5.74, 6) is 0. The number of pyridine rings is 1. The van der Waals surface area contributed by atoms with E-state index in [0.717, 1.165) is 43.6 Å². The van der Waals surface area contributed by atoms with Crippen LogP contribution in [0.3, 0.4) is 0 Å². The Hall–Kier alpha value is -5.39. The second kappa shape index (κ2) is 7.56. The van der Waals surface area contributed by atoms with Crippen LogP contribution < -0.4 is 0 Å². The van der Waals surface area contributed by atoms with Crippen molar-refractivity contribution in [2.45, 2.75) is 0 Å². The van der Waals surface area contributed by atoms with Gasteiger partial charge < -0.3 is 9.13 Å². The highest BCUT2D eigenvalue weighted by atomic mass is 15.0. The van der Waals surface area contributed by atoms with Crippen molar-refractivity contribution in [1.82, 2.24) is 14.1 Å². The topological polar surface area (TPSA) is 70.3 Å². The molecule has 0 aliphatic carbocycles. The second-order valence-corrected chi connectivity index (χ2v) is 8.69. The quantitative estimate of drug-likeness (QED) is 0.279. The van der Waals surface area contributed by atoms with Crippen LogP contribution in [0, 0.1) is 22.7 Å². The minimum atomic E-state index is 0.211. The van der Waals surface area contributed by atoms with E-state index < -0.39 is 0 Å². The summed E-state index contributed by atoms with van der Waals surface area (Å²) in [5.41, 5.74) is 5.64. The number of hydrogen-bond acceptors (Lipinski definition) is 3. The standard InChI is InChI=1S/C31H17N5/c32-18-24-30(35-26-13-5-1-9-20(26)21-10-2-6-14-27(21)35)17-31(25(19-33)34-24)36-28-15-7-3-11-22(28)23-12-4-8-16-29(23)36/h1-17H. The van der Waals surface area contributed by atoms with E-state index >= 15 is 0 Å². The number of nitrogens with zero attached hydrogens (tertiary/aromatic N) is 5. The fourth-order valence-corrected chi connectivity index (χ4v) is 5.36. The number of hydrogen-bond donors (Lipinski definition) is 0. The van der Waals surface area contributed by atoms with Gasteiger partial charge in [-0.05, 0) is 30.3 Å². The molecular formula is C31H17N5. The Morgan fingerprint density at radius 2 is 0.778 bits per heavy atom. The van der Waals surface area contributed by atoms with Crippen LogP contribution in [0.5, 0.6) is 0 Å².